The molecular formula is C43H81O9P. The molecule has 9 nitrogen and oxygen atoms in total. The molecule has 0 saturated carbocycles. The molecule has 0 amide bonds. The first-order chi connectivity index (χ1) is 25.8. The van der Waals surface area contributed by atoms with Crippen molar-refractivity contribution >= 4 is 13.8 Å². The molecule has 0 aliphatic carbocycles. The van der Waals surface area contributed by atoms with E-state index in [1.165, 1.54) is 96.3 Å². The van der Waals surface area contributed by atoms with Crippen LogP contribution in [0.5, 0.6) is 0 Å². The van der Waals surface area contributed by atoms with Crippen LogP contribution in [0, 0.1) is 0 Å². The molecule has 312 valence electrons. The Bertz CT molecular complexity index is 923. The predicted molar refractivity (Wildman–Crippen MR) is 219 cm³/mol. The van der Waals surface area contributed by atoms with E-state index >= 15 is 0 Å². The van der Waals surface area contributed by atoms with E-state index in [0.717, 1.165) is 70.6 Å². The molecule has 0 aliphatic rings. The van der Waals surface area contributed by atoms with Gasteiger partial charge in [0.2, 0.25) is 0 Å². The smallest absolute Gasteiger partial charge is 0.457 e. The predicted octanol–water partition coefficient (Wildman–Crippen LogP) is 11.6. The molecule has 10 heteroatoms. The first-order valence-corrected chi connectivity index (χ1v) is 23.0. The van der Waals surface area contributed by atoms with Crippen LogP contribution in [0.2, 0.25) is 0 Å². The Kier molecular flexibility index (Phi) is 39.3. The normalized spacial score (nSPS) is 14.4. The Morgan fingerprint density at radius 2 is 1.06 bits per heavy atom. The molecule has 53 heavy (non-hydrogen) atoms. The number of aliphatic hydroxyl groups is 2. The van der Waals surface area contributed by atoms with Gasteiger partial charge in [0.05, 0.1) is 26.4 Å². The summed E-state index contributed by atoms with van der Waals surface area (Å²) in [6, 6.07) is 0. The molecule has 3 unspecified atom stereocenters. The van der Waals surface area contributed by atoms with Gasteiger partial charge in [0, 0.05) is 13.0 Å². The largest absolute Gasteiger partial charge is 0.472 e. The average molecular weight is 773 g/mol. The molecule has 0 spiro atoms. The summed E-state index contributed by atoms with van der Waals surface area (Å²) in [5, 5.41) is 18.3. The van der Waals surface area contributed by atoms with Crippen LogP contribution < -0.4 is 0 Å². The van der Waals surface area contributed by atoms with Crippen molar-refractivity contribution in [3.8, 4) is 0 Å². The summed E-state index contributed by atoms with van der Waals surface area (Å²) in [6.45, 7) is 3.43. The fourth-order valence-corrected chi connectivity index (χ4v) is 6.53. The van der Waals surface area contributed by atoms with Crippen LogP contribution in [-0.4, -0.2) is 66.3 Å². The van der Waals surface area contributed by atoms with E-state index in [4.69, 9.17) is 23.6 Å². The summed E-state index contributed by atoms with van der Waals surface area (Å²) in [5.41, 5.74) is 0. The van der Waals surface area contributed by atoms with Gasteiger partial charge in [-0.3, -0.25) is 13.8 Å². The summed E-state index contributed by atoms with van der Waals surface area (Å²) in [7, 11) is -4.51. The molecule has 0 radical (unpaired) electrons. The summed E-state index contributed by atoms with van der Waals surface area (Å²) in [5.74, 6) is -0.395. The summed E-state index contributed by atoms with van der Waals surface area (Å²) in [6.07, 6.45) is 42.6. The maximum atomic E-state index is 12.5. The van der Waals surface area contributed by atoms with Gasteiger partial charge < -0.3 is 24.6 Å². The van der Waals surface area contributed by atoms with E-state index in [2.05, 4.69) is 50.3 Å². The van der Waals surface area contributed by atoms with Gasteiger partial charge in [0.1, 0.15) is 12.2 Å². The second-order valence-corrected chi connectivity index (χ2v) is 15.8. The van der Waals surface area contributed by atoms with Crippen molar-refractivity contribution in [2.24, 2.45) is 0 Å². The molecule has 0 aromatic heterocycles. The zero-order valence-electron chi connectivity index (χ0n) is 34.0. The number of phosphoric acid groups is 1. The molecular weight excluding hydrogens is 691 g/mol. The zero-order chi connectivity index (χ0) is 38.9. The Balaban J connectivity index is 4.07. The number of carbonyl (C=O) groups is 1. The van der Waals surface area contributed by atoms with Crippen molar-refractivity contribution in [2.75, 3.05) is 33.0 Å². The number of unbranched alkanes of at least 4 members (excludes halogenated alkanes) is 21. The molecule has 0 fully saturated rings. The highest BCUT2D eigenvalue weighted by molar-refractivity contribution is 7.47. The van der Waals surface area contributed by atoms with E-state index in [9.17, 15) is 19.4 Å². The zero-order valence-corrected chi connectivity index (χ0v) is 34.9. The Labute approximate surface area is 325 Å². The van der Waals surface area contributed by atoms with Gasteiger partial charge in [-0.25, -0.2) is 4.57 Å². The van der Waals surface area contributed by atoms with Gasteiger partial charge in [-0.1, -0.05) is 153 Å². The van der Waals surface area contributed by atoms with Crippen LogP contribution in [0.15, 0.2) is 36.5 Å². The number of esters is 1. The molecule has 0 aromatic rings. The van der Waals surface area contributed by atoms with Crippen molar-refractivity contribution in [1.29, 1.82) is 0 Å². The molecule has 0 rings (SSSR count). The maximum Gasteiger partial charge on any atom is 0.472 e. The second-order valence-electron chi connectivity index (χ2n) is 14.4. The van der Waals surface area contributed by atoms with Gasteiger partial charge >= 0.3 is 13.8 Å². The van der Waals surface area contributed by atoms with E-state index in [0.29, 0.717) is 6.61 Å². The topological polar surface area (TPSA) is 132 Å². The molecule has 3 N–H and O–H groups in total. The van der Waals surface area contributed by atoms with Crippen molar-refractivity contribution in [3.63, 3.8) is 0 Å². The lowest BCUT2D eigenvalue weighted by Gasteiger charge is -2.20. The third-order valence-corrected chi connectivity index (χ3v) is 9.98. The van der Waals surface area contributed by atoms with E-state index in [1.807, 2.05) is 0 Å². The lowest BCUT2D eigenvalue weighted by Crippen LogP contribution is -2.29. The monoisotopic (exact) mass is 773 g/mol. The fourth-order valence-electron chi connectivity index (χ4n) is 5.74. The third kappa shape index (κ3) is 40.2. The van der Waals surface area contributed by atoms with Gasteiger partial charge in [0.15, 0.2) is 0 Å². The third-order valence-electron chi connectivity index (χ3n) is 9.03. The number of hydrogen-bond acceptors (Lipinski definition) is 8. The van der Waals surface area contributed by atoms with Gasteiger partial charge in [-0.2, -0.15) is 0 Å². The Morgan fingerprint density at radius 3 is 1.60 bits per heavy atom. The van der Waals surface area contributed by atoms with E-state index in [-0.39, 0.29) is 19.6 Å². The van der Waals surface area contributed by atoms with Gasteiger partial charge in [0.25, 0.3) is 0 Å². The minimum atomic E-state index is -4.51. The lowest BCUT2D eigenvalue weighted by molar-refractivity contribution is -0.154. The number of aliphatic hydroxyl groups excluding tert-OH is 2. The highest BCUT2D eigenvalue weighted by atomic mass is 31.2. The highest BCUT2D eigenvalue weighted by Gasteiger charge is 2.26. The number of hydrogen-bond donors (Lipinski definition) is 3. The van der Waals surface area contributed by atoms with Gasteiger partial charge in [-0.05, 0) is 64.2 Å². The first kappa shape index (κ1) is 51.7. The molecule has 0 heterocycles. The van der Waals surface area contributed by atoms with Crippen LogP contribution in [-0.2, 0) is 27.9 Å². The van der Waals surface area contributed by atoms with Crippen molar-refractivity contribution in [2.45, 2.75) is 199 Å². The average Bonchev–Trinajstić information content (AvgIpc) is 3.15. The van der Waals surface area contributed by atoms with Crippen molar-refractivity contribution in [3.05, 3.63) is 36.5 Å². The molecule has 0 bridgehead atoms. The Hall–Kier alpha value is -1.32. The minimum absolute atomic E-state index is 0.0443. The lowest BCUT2D eigenvalue weighted by atomic mass is 10.1. The quantitative estimate of drug-likeness (QED) is 0.0240. The first-order valence-electron chi connectivity index (χ1n) is 21.5. The van der Waals surface area contributed by atoms with Crippen LogP contribution in [0.3, 0.4) is 0 Å². The number of phosphoric ester groups is 1. The molecule has 0 aliphatic heterocycles. The summed E-state index contributed by atoms with van der Waals surface area (Å²) >= 11 is 0. The van der Waals surface area contributed by atoms with Crippen LogP contribution in [0.4, 0.5) is 0 Å². The fraction of sp³-hybridized carbons (Fsp3) is 0.837. The standard InChI is InChI=1S/C43H81O9P/c1-3-5-7-9-11-13-15-16-17-18-19-20-21-22-23-24-25-26-28-30-32-34-36-49-39-42(40-51-53(47,48)50-38-41(45)37-44)52-43(46)35-33-31-29-27-14-12-10-8-6-4-2/h8,10,15-16,18-19,41-42,44-45H,3-7,9,11-14,17,20-40H2,1-2H3,(H,47,48)/b10-8-,16-15-,19-18-. The van der Waals surface area contributed by atoms with Gasteiger partial charge in [-0.15, -0.1) is 0 Å². The number of carbonyl (C=O) groups excluding carboxylic acids is 1. The van der Waals surface area contributed by atoms with Crippen molar-refractivity contribution < 1.29 is 43.0 Å². The highest BCUT2D eigenvalue weighted by Crippen LogP contribution is 2.43. The van der Waals surface area contributed by atoms with Crippen LogP contribution in [0.1, 0.15) is 187 Å². The SMILES string of the molecule is CCC/C=C\CCCCCCCC(=O)OC(COCCCCCCCCCCCC/C=C\C/C=C\CCCCCCC)COP(=O)(O)OCC(O)CO. The van der Waals surface area contributed by atoms with Crippen LogP contribution in [0.25, 0.3) is 0 Å². The van der Waals surface area contributed by atoms with E-state index < -0.39 is 39.2 Å². The summed E-state index contributed by atoms with van der Waals surface area (Å²) in [4.78, 5) is 22.5. The minimum Gasteiger partial charge on any atom is -0.457 e. The van der Waals surface area contributed by atoms with Crippen molar-refractivity contribution in [1.82, 2.24) is 0 Å². The number of allylic oxidation sites excluding steroid dienone is 6. The number of rotatable bonds is 41. The number of ether oxygens (including phenoxy) is 2. The molecule has 3 atom stereocenters. The second kappa shape index (κ2) is 40.3. The van der Waals surface area contributed by atoms with E-state index in [1.54, 1.807) is 0 Å². The Morgan fingerprint density at radius 1 is 0.585 bits per heavy atom. The van der Waals surface area contributed by atoms with Crippen LogP contribution >= 0.6 is 7.82 Å². The molecule has 0 aromatic carbocycles. The summed E-state index contributed by atoms with van der Waals surface area (Å²) < 4.78 is 33.3. The maximum absolute atomic E-state index is 12.5. The molecule has 0 saturated heterocycles.